The second-order valence-electron chi connectivity index (χ2n) is 8.36. The first-order chi connectivity index (χ1) is 18.0. The van der Waals surface area contributed by atoms with Crippen molar-refractivity contribution >= 4 is 58.5 Å². The molecule has 1 aliphatic carbocycles. The molecule has 9 heteroatoms. The van der Waals surface area contributed by atoms with Crippen LogP contribution in [0.2, 0.25) is 0 Å². The summed E-state index contributed by atoms with van der Waals surface area (Å²) in [6.45, 7) is 0. The first-order valence-electron chi connectivity index (χ1n) is 11.5. The summed E-state index contributed by atoms with van der Waals surface area (Å²) in [6.07, 6.45) is 8.14. The summed E-state index contributed by atoms with van der Waals surface area (Å²) >= 11 is 3.08. The lowest BCUT2D eigenvalue weighted by Gasteiger charge is -2.40. The van der Waals surface area contributed by atoms with E-state index in [9.17, 15) is 14.4 Å². The zero-order valence-corrected chi connectivity index (χ0v) is 21.2. The van der Waals surface area contributed by atoms with E-state index in [1.54, 1.807) is 28.8 Å². The van der Waals surface area contributed by atoms with Crippen molar-refractivity contribution in [3.05, 3.63) is 103 Å². The number of nitrogens with zero attached hydrogens (tertiary/aromatic N) is 1. The molecule has 0 bridgehead atoms. The smallest absolute Gasteiger partial charge is 0.335 e. The third-order valence-corrected chi connectivity index (χ3v) is 8.11. The number of carboxylic acid groups (broad SMARTS) is 1. The van der Waals surface area contributed by atoms with Crippen molar-refractivity contribution in [3.63, 3.8) is 0 Å². The molecule has 1 heterocycles. The highest BCUT2D eigenvalue weighted by atomic mass is 32.2. The molecule has 2 unspecified atom stereocenters. The Labute approximate surface area is 222 Å². The van der Waals surface area contributed by atoms with E-state index in [0.717, 1.165) is 15.5 Å². The van der Waals surface area contributed by atoms with E-state index in [1.807, 2.05) is 66.8 Å². The van der Waals surface area contributed by atoms with Crippen LogP contribution >= 0.6 is 23.5 Å². The number of benzene rings is 3. The number of carbonyl (C=O) groups excluding carboxylic acids is 2. The number of para-hydroxylation sites is 1. The van der Waals surface area contributed by atoms with E-state index in [0.29, 0.717) is 11.4 Å². The fourth-order valence-corrected chi connectivity index (χ4v) is 6.16. The molecule has 0 spiro atoms. The van der Waals surface area contributed by atoms with Gasteiger partial charge in [0, 0.05) is 21.2 Å². The summed E-state index contributed by atoms with van der Waals surface area (Å²) in [5, 5.41) is 15.0. The normalized spacial score (nSPS) is 17.5. The van der Waals surface area contributed by atoms with Gasteiger partial charge in [0.2, 0.25) is 5.91 Å². The summed E-state index contributed by atoms with van der Waals surface area (Å²) in [7, 11) is 0. The number of hydrogen-bond acceptors (Lipinski definition) is 5. The maximum atomic E-state index is 13.5. The van der Waals surface area contributed by atoms with Crippen LogP contribution < -0.4 is 15.5 Å². The molecule has 0 saturated heterocycles. The van der Waals surface area contributed by atoms with Gasteiger partial charge in [0.15, 0.2) is 0 Å². The Morgan fingerprint density at radius 2 is 1.65 bits per heavy atom. The molecule has 186 valence electrons. The molecular weight excluding hydrogens is 506 g/mol. The molecule has 0 saturated carbocycles. The van der Waals surface area contributed by atoms with Gasteiger partial charge in [-0.2, -0.15) is 0 Å². The van der Waals surface area contributed by atoms with Crippen LogP contribution in [0, 0.1) is 0 Å². The molecule has 3 aromatic carbocycles. The van der Waals surface area contributed by atoms with Crippen molar-refractivity contribution in [2.75, 3.05) is 21.3 Å². The second kappa shape index (κ2) is 11.0. The van der Waals surface area contributed by atoms with Gasteiger partial charge in [-0.3, -0.25) is 9.69 Å². The molecule has 5 rings (SSSR count). The van der Waals surface area contributed by atoms with Crippen molar-refractivity contribution in [2.45, 2.75) is 21.1 Å². The lowest BCUT2D eigenvalue weighted by atomic mass is 10.1. The predicted octanol–water partition coefficient (Wildman–Crippen LogP) is 6.12. The molecule has 0 aromatic heterocycles. The molecular formula is C28H23N3O4S2. The minimum Gasteiger partial charge on any atom is -0.478 e. The Morgan fingerprint density at radius 3 is 2.49 bits per heavy atom. The Morgan fingerprint density at radius 1 is 0.892 bits per heavy atom. The zero-order valence-electron chi connectivity index (χ0n) is 19.5. The number of hydrogen-bond donors (Lipinski definition) is 3. The van der Waals surface area contributed by atoms with E-state index < -0.39 is 5.97 Å². The monoisotopic (exact) mass is 529 g/mol. The van der Waals surface area contributed by atoms with E-state index in [4.69, 9.17) is 5.11 Å². The molecule has 2 atom stereocenters. The van der Waals surface area contributed by atoms with E-state index in [2.05, 4.69) is 16.7 Å². The number of aromatic carboxylic acids is 1. The van der Waals surface area contributed by atoms with Gasteiger partial charge < -0.3 is 15.7 Å². The highest BCUT2D eigenvalue weighted by molar-refractivity contribution is 8.00. The average molecular weight is 530 g/mol. The van der Waals surface area contributed by atoms with E-state index in [1.165, 1.54) is 23.9 Å². The number of urea groups is 1. The van der Waals surface area contributed by atoms with Gasteiger partial charge in [-0.25, -0.2) is 9.59 Å². The molecule has 1 aliphatic heterocycles. The maximum Gasteiger partial charge on any atom is 0.335 e. The summed E-state index contributed by atoms with van der Waals surface area (Å²) in [5.74, 6) is -1.18. The first kappa shape index (κ1) is 24.7. The fraction of sp³-hybridized carbons (Fsp3) is 0.107. The van der Waals surface area contributed by atoms with Crippen LogP contribution in [0.5, 0.6) is 0 Å². The first-order valence-corrected chi connectivity index (χ1v) is 13.4. The Balaban J connectivity index is 1.24. The average Bonchev–Trinajstić information content (AvgIpc) is 2.91. The topological polar surface area (TPSA) is 98.7 Å². The Hall–Kier alpha value is -3.95. The molecule has 0 fully saturated rings. The number of thioether (sulfide) groups is 2. The number of fused-ring (bicyclic) bond motifs is 2. The Kier molecular flexibility index (Phi) is 7.34. The van der Waals surface area contributed by atoms with Crippen molar-refractivity contribution in [2.24, 2.45) is 0 Å². The van der Waals surface area contributed by atoms with Gasteiger partial charge in [0.25, 0.3) is 0 Å². The molecule has 3 N–H and O–H groups in total. The van der Waals surface area contributed by atoms with Gasteiger partial charge in [0.05, 0.1) is 28.3 Å². The fourth-order valence-electron chi connectivity index (χ4n) is 4.15. The third kappa shape index (κ3) is 5.73. The number of rotatable bonds is 6. The van der Waals surface area contributed by atoms with Crippen molar-refractivity contribution < 1.29 is 19.5 Å². The number of amides is 3. The van der Waals surface area contributed by atoms with Crippen molar-refractivity contribution in [1.29, 1.82) is 0 Å². The maximum absolute atomic E-state index is 13.5. The van der Waals surface area contributed by atoms with Crippen molar-refractivity contribution in [1.82, 2.24) is 0 Å². The van der Waals surface area contributed by atoms with Crippen LogP contribution in [0.3, 0.4) is 0 Å². The van der Waals surface area contributed by atoms with Crippen LogP contribution in [0.4, 0.5) is 21.9 Å². The highest BCUT2D eigenvalue weighted by Crippen LogP contribution is 2.43. The predicted molar refractivity (Wildman–Crippen MR) is 149 cm³/mol. The van der Waals surface area contributed by atoms with Crippen LogP contribution in [0.15, 0.2) is 107 Å². The molecule has 0 radical (unpaired) electrons. The van der Waals surface area contributed by atoms with Crippen LogP contribution in [-0.2, 0) is 4.79 Å². The van der Waals surface area contributed by atoms with Gasteiger partial charge >= 0.3 is 12.0 Å². The minimum atomic E-state index is -1.05. The van der Waals surface area contributed by atoms with E-state index in [-0.39, 0.29) is 34.5 Å². The van der Waals surface area contributed by atoms with Crippen LogP contribution in [0.25, 0.3) is 0 Å². The third-order valence-electron chi connectivity index (χ3n) is 5.81. The summed E-state index contributed by atoms with van der Waals surface area (Å²) in [6, 6.07) is 21.1. The number of carboxylic acids is 1. The molecule has 7 nitrogen and oxygen atoms in total. The number of allylic oxidation sites excluding steroid dienone is 2. The second-order valence-corrected chi connectivity index (χ2v) is 10.6. The summed E-state index contributed by atoms with van der Waals surface area (Å²) in [5.41, 5.74) is 2.04. The van der Waals surface area contributed by atoms with Gasteiger partial charge in [-0.05, 0) is 48.5 Å². The largest absolute Gasteiger partial charge is 0.478 e. The quantitative estimate of drug-likeness (QED) is 0.333. The number of anilines is 3. The minimum absolute atomic E-state index is 0.0919. The molecule has 3 amide bonds. The molecule has 3 aromatic rings. The summed E-state index contributed by atoms with van der Waals surface area (Å²) in [4.78, 5) is 40.7. The highest BCUT2D eigenvalue weighted by Gasteiger charge is 2.36. The Bertz CT molecular complexity index is 1420. The number of carbonyl (C=O) groups is 3. The van der Waals surface area contributed by atoms with Crippen LogP contribution in [0.1, 0.15) is 10.4 Å². The van der Waals surface area contributed by atoms with Crippen LogP contribution in [-0.4, -0.2) is 40.1 Å². The van der Waals surface area contributed by atoms with E-state index >= 15 is 0 Å². The van der Waals surface area contributed by atoms with Gasteiger partial charge in [-0.1, -0.05) is 48.6 Å². The SMILES string of the molecule is O=C(CSc1cccc(NC(=O)N2c3ccccc3SC3C=CC=CC32)c1)Nc1cccc(C(=O)O)c1. The molecule has 37 heavy (non-hydrogen) atoms. The molecule has 2 aliphatic rings. The lowest BCUT2D eigenvalue weighted by molar-refractivity contribution is -0.113. The van der Waals surface area contributed by atoms with Crippen molar-refractivity contribution in [3.8, 4) is 0 Å². The van der Waals surface area contributed by atoms with Gasteiger partial charge in [0.1, 0.15) is 0 Å². The zero-order chi connectivity index (χ0) is 25.8. The summed E-state index contributed by atoms with van der Waals surface area (Å²) < 4.78 is 0. The lowest BCUT2D eigenvalue weighted by Crippen LogP contribution is -2.49. The number of nitrogens with one attached hydrogen (secondary N) is 2. The standard InChI is InChI=1S/C28H23N3O4S2/c32-26(29-19-8-5-7-18(15-19)27(33)34)17-36-21-10-6-9-20(16-21)30-28(35)31-22-11-1-3-13-24(22)37-25-14-4-2-12-23(25)31/h1-16,22,24H,17H2,(H,29,32)(H,30,35)(H,33,34). The van der Waals surface area contributed by atoms with Gasteiger partial charge in [-0.15, -0.1) is 23.5 Å².